The van der Waals surface area contributed by atoms with Gasteiger partial charge in [-0.15, -0.1) is 0 Å². The number of nitrogens with two attached hydrogens (primary N) is 1. The Morgan fingerprint density at radius 1 is 1.05 bits per heavy atom. The topological polar surface area (TPSA) is 67.2 Å². The zero-order valence-electron chi connectivity index (χ0n) is 10.5. The highest BCUT2D eigenvalue weighted by atomic mass is 19.2. The fraction of sp³-hybridized carbons (Fsp3) is 0.0714. The predicted molar refractivity (Wildman–Crippen MR) is 73.3 cm³/mol. The lowest BCUT2D eigenvalue weighted by molar-refractivity contribution is 0.259. The molecule has 2 rings (SSSR count). The second kappa shape index (κ2) is 6.01. The number of rotatable bonds is 4. The average Bonchev–Trinajstić information content (AvgIpc) is 2.41. The van der Waals surface area contributed by atoms with E-state index in [0.717, 1.165) is 6.07 Å². The molecule has 0 aliphatic rings. The Balaban J connectivity index is 2.00. The molecular formula is C14H13F2N3O. The van der Waals surface area contributed by atoms with Crippen LogP contribution in [0.2, 0.25) is 0 Å². The van der Waals surface area contributed by atoms with Gasteiger partial charge in [0.2, 0.25) is 0 Å². The number of amides is 2. The smallest absolute Gasteiger partial charge is 0.316 e. The summed E-state index contributed by atoms with van der Waals surface area (Å²) >= 11 is 0. The van der Waals surface area contributed by atoms with Gasteiger partial charge in [0.15, 0.2) is 11.6 Å². The Kier molecular flexibility index (Phi) is 4.14. The van der Waals surface area contributed by atoms with Crippen molar-refractivity contribution >= 4 is 17.4 Å². The zero-order chi connectivity index (χ0) is 14.5. The molecule has 0 atom stereocenters. The minimum atomic E-state index is -0.870. The molecule has 20 heavy (non-hydrogen) atoms. The summed E-state index contributed by atoms with van der Waals surface area (Å²) in [6.45, 7) is 0.159. The molecule has 0 heterocycles. The summed E-state index contributed by atoms with van der Waals surface area (Å²) < 4.78 is 26.5. The maximum atomic E-state index is 13.4. The van der Waals surface area contributed by atoms with Gasteiger partial charge in [0.1, 0.15) is 0 Å². The fourth-order valence-corrected chi connectivity index (χ4v) is 1.70. The summed E-state index contributed by atoms with van der Waals surface area (Å²) in [7, 11) is 0. The van der Waals surface area contributed by atoms with Crippen LogP contribution in [0.15, 0.2) is 42.5 Å². The van der Waals surface area contributed by atoms with Crippen LogP contribution in [0, 0.1) is 11.6 Å². The number of hydrogen-bond acceptors (Lipinski definition) is 2. The van der Waals surface area contributed by atoms with Crippen LogP contribution in [-0.2, 0) is 6.54 Å². The van der Waals surface area contributed by atoms with E-state index in [-0.39, 0.29) is 12.1 Å². The van der Waals surface area contributed by atoms with Gasteiger partial charge in [0, 0.05) is 23.5 Å². The minimum absolute atomic E-state index is 0.159. The van der Waals surface area contributed by atoms with E-state index in [2.05, 4.69) is 10.6 Å². The van der Waals surface area contributed by atoms with Crippen molar-refractivity contribution in [3.05, 3.63) is 59.7 Å². The molecule has 0 spiro atoms. The van der Waals surface area contributed by atoms with Crippen LogP contribution >= 0.6 is 0 Å². The summed E-state index contributed by atoms with van der Waals surface area (Å²) in [4.78, 5) is 10.7. The standard InChI is InChI=1S/C14H13F2N3O/c15-12-3-1-2-9(13(12)16)8-18-10-4-6-11(7-5-10)19-14(17)20/h1-7,18H,8H2,(H3,17,19,20). The maximum Gasteiger partial charge on any atom is 0.316 e. The molecule has 4 N–H and O–H groups in total. The number of halogens is 2. The first kappa shape index (κ1) is 13.8. The van der Waals surface area contributed by atoms with Crippen molar-refractivity contribution < 1.29 is 13.6 Å². The molecule has 0 fully saturated rings. The Bertz CT molecular complexity index is 614. The number of carbonyl (C=O) groups excluding carboxylic acids is 1. The van der Waals surface area contributed by atoms with Crippen LogP contribution in [0.25, 0.3) is 0 Å². The number of urea groups is 1. The van der Waals surface area contributed by atoms with Gasteiger partial charge in [-0.25, -0.2) is 13.6 Å². The Morgan fingerprint density at radius 2 is 1.70 bits per heavy atom. The molecule has 104 valence electrons. The first-order valence-electron chi connectivity index (χ1n) is 5.89. The lowest BCUT2D eigenvalue weighted by Crippen LogP contribution is -2.19. The highest BCUT2D eigenvalue weighted by Gasteiger charge is 2.06. The van der Waals surface area contributed by atoms with Crippen molar-refractivity contribution in [1.29, 1.82) is 0 Å². The lowest BCUT2D eigenvalue weighted by atomic mass is 10.2. The van der Waals surface area contributed by atoms with Crippen LogP contribution in [0.3, 0.4) is 0 Å². The van der Waals surface area contributed by atoms with Gasteiger partial charge < -0.3 is 16.4 Å². The lowest BCUT2D eigenvalue weighted by Gasteiger charge is -2.09. The largest absolute Gasteiger partial charge is 0.381 e. The van der Waals surface area contributed by atoms with E-state index in [4.69, 9.17) is 5.73 Å². The van der Waals surface area contributed by atoms with E-state index in [9.17, 15) is 13.6 Å². The Morgan fingerprint density at radius 3 is 2.35 bits per heavy atom. The molecule has 6 heteroatoms. The zero-order valence-corrected chi connectivity index (χ0v) is 10.5. The van der Waals surface area contributed by atoms with Crippen LogP contribution in [-0.4, -0.2) is 6.03 Å². The molecule has 4 nitrogen and oxygen atoms in total. The molecule has 0 saturated heterocycles. The number of benzene rings is 2. The molecule has 2 aromatic rings. The minimum Gasteiger partial charge on any atom is -0.381 e. The van der Waals surface area contributed by atoms with Crippen molar-refractivity contribution in [3.63, 3.8) is 0 Å². The molecule has 0 aromatic heterocycles. The van der Waals surface area contributed by atoms with E-state index in [1.165, 1.54) is 12.1 Å². The summed E-state index contributed by atoms with van der Waals surface area (Å²) in [5, 5.41) is 5.38. The molecule has 0 bridgehead atoms. The highest BCUT2D eigenvalue weighted by Crippen LogP contribution is 2.16. The summed E-state index contributed by atoms with van der Waals surface area (Å²) in [5.74, 6) is -1.72. The molecule has 0 radical (unpaired) electrons. The van der Waals surface area contributed by atoms with Gasteiger partial charge >= 0.3 is 6.03 Å². The third-order valence-corrected chi connectivity index (χ3v) is 2.67. The van der Waals surface area contributed by atoms with Gasteiger partial charge in [-0.05, 0) is 30.3 Å². The normalized spacial score (nSPS) is 10.1. The first-order chi connectivity index (χ1) is 9.56. The number of nitrogens with one attached hydrogen (secondary N) is 2. The second-order valence-electron chi connectivity index (χ2n) is 4.13. The third kappa shape index (κ3) is 3.44. The quantitative estimate of drug-likeness (QED) is 0.804. The Hall–Kier alpha value is -2.63. The molecule has 2 aromatic carbocycles. The van der Waals surface area contributed by atoms with Gasteiger partial charge in [-0.3, -0.25) is 0 Å². The Labute approximate surface area is 114 Å². The van der Waals surface area contributed by atoms with Crippen LogP contribution in [0.5, 0.6) is 0 Å². The van der Waals surface area contributed by atoms with Crippen LogP contribution in [0.4, 0.5) is 25.0 Å². The molecule has 2 amide bonds. The molecular weight excluding hydrogens is 264 g/mol. The van der Waals surface area contributed by atoms with Crippen LogP contribution < -0.4 is 16.4 Å². The number of primary amides is 1. The van der Waals surface area contributed by atoms with Crippen LogP contribution in [0.1, 0.15) is 5.56 Å². The second-order valence-corrected chi connectivity index (χ2v) is 4.13. The van der Waals surface area contributed by atoms with Gasteiger partial charge in [-0.1, -0.05) is 12.1 Å². The van der Waals surface area contributed by atoms with E-state index in [0.29, 0.717) is 11.4 Å². The third-order valence-electron chi connectivity index (χ3n) is 2.67. The number of anilines is 2. The average molecular weight is 277 g/mol. The van der Waals surface area contributed by atoms with Gasteiger partial charge in [0.05, 0.1) is 0 Å². The van der Waals surface area contributed by atoms with Gasteiger partial charge in [0.25, 0.3) is 0 Å². The van der Waals surface area contributed by atoms with Crippen molar-refractivity contribution in [2.24, 2.45) is 5.73 Å². The van der Waals surface area contributed by atoms with E-state index in [1.807, 2.05) is 0 Å². The summed E-state index contributed by atoms with van der Waals surface area (Å²) in [5.41, 5.74) is 6.49. The van der Waals surface area contributed by atoms with Crippen molar-refractivity contribution in [2.45, 2.75) is 6.54 Å². The molecule has 0 saturated carbocycles. The molecule has 0 aliphatic heterocycles. The molecule has 0 unspecified atom stereocenters. The number of carbonyl (C=O) groups is 1. The van der Waals surface area contributed by atoms with E-state index < -0.39 is 17.7 Å². The SMILES string of the molecule is NC(=O)Nc1ccc(NCc2cccc(F)c2F)cc1. The highest BCUT2D eigenvalue weighted by molar-refractivity contribution is 5.87. The summed E-state index contributed by atoms with van der Waals surface area (Å²) in [6.07, 6.45) is 0. The predicted octanol–water partition coefficient (Wildman–Crippen LogP) is 3.07. The molecule has 0 aliphatic carbocycles. The van der Waals surface area contributed by atoms with Crippen molar-refractivity contribution in [2.75, 3.05) is 10.6 Å². The van der Waals surface area contributed by atoms with E-state index >= 15 is 0 Å². The van der Waals surface area contributed by atoms with E-state index in [1.54, 1.807) is 24.3 Å². The van der Waals surface area contributed by atoms with Gasteiger partial charge in [-0.2, -0.15) is 0 Å². The van der Waals surface area contributed by atoms with Crippen molar-refractivity contribution in [1.82, 2.24) is 0 Å². The summed E-state index contributed by atoms with van der Waals surface area (Å²) in [6, 6.07) is 10.1. The monoisotopic (exact) mass is 277 g/mol. The number of hydrogen-bond donors (Lipinski definition) is 3. The first-order valence-corrected chi connectivity index (χ1v) is 5.89. The fourth-order valence-electron chi connectivity index (χ4n) is 1.70. The van der Waals surface area contributed by atoms with Crippen molar-refractivity contribution in [3.8, 4) is 0 Å². The maximum absolute atomic E-state index is 13.4.